The number of ether oxygens (including phenoxy) is 1. The molecule has 0 saturated heterocycles. The fourth-order valence-electron chi connectivity index (χ4n) is 3.12. The lowest BCUT2D eigenvalue weighted by Crippen LogP contribution is -2.46. The normalized spacial score (nSPS) is 11.5. The molecule has 1 aromatic heterocycles. The number of benzene rings is 2. The van der Waals surface area contributed by atoms with E-state index < -0.39 is 11.5 Å². The second-order valence-electron chi connectivity index (χ2n) is 7.91. The molecular weight excluding hydrogens is 434 g/mol. The minimum absolute atomic E-state index is 0.122. The molecule has 0 aliphatic heterocycles. The van der Waals surface area contributed by atoms with Crippen LogP contribution < -0.4 is 0 Å². The van der Waals surface area contributed by atoms with Crippen LogP contribution in [0.15, 0.2) is 57.4 Å². The largest absolute Gasteiger partial charge is 0.450 e. The van der Waals surface area contributed by atoms with E-state index >= 15 is 0 Å². The number of nitrogens with zero attached hydrogens (tertiary/aromatic N) is 1. The van der Waals surface area contributed by atoms with E-state index in [1.165, 1.54) is 0 Å². The van der Waals surface area contributed by atoms with E-state index in [4.69, 9.17) is 9.15 Å². The molecule has 0 aliphatic rings. The number of furan rings is 1. The van der Waals surface area contributed by atoms with E-state index in [9.17, 15) is 9.59 Å². The van der Waals surface area contributed by atoms with Gasteiger partial charge in [0.25, 0.3) is 5.91 Å². The number of carbonyl (C=O) groups excluding carboxylic acids is 2. The first-order valence-corrected chi connectivity index (χ1v) is 10.2. The average molecular weight is 458 g/mol. The van der Waals surface area contributed by atoms with Crippen molar-refractivity contribution in [3.05, 3.63) is 69.9 Å². The second-order valence-corrected chi connectivity index (χ2v) is 8.82. The van der Waals surface area contributed by atoms with E-state index in [-0.39, 0.29) is 18.3 Å². The summed E-state index contributed by atoms with van der Waals surface area (Å²) in [7, 11) is 0. The van der Waals surface area contributed by atoms with Crippen LogP contribution in [0.4, 0.5) is 0 Å². The highest BCUT2D eigenvalue weighted by molar-refractivity contribution is 9.10. The number of fused-ring (bicyclic) bond motifs is 1. The van der Waals surface area contributed by atoms with Crippen LogP contribution in [0.3, 0.4) is 0 Å². The third-order valence-electron chi connectivity index (χ3n) is 4.70. The van der Waals surface area contributed by atoms with E-state index in [0.29, 0.717) is 17.7 Å². The maximum absolute atomic E-state index is 12.8. The summed E-state index contributed by atoms with van der Waals surface area (Å²) < 4.78 is 11.9. The summed E-state index contributed by atoms with van der Waals surface area (Å²) in [6.07, 6.45) is 0. The molecule has 5 nitrogen and oxygen atoms in total. The minimum Gasteiger partial charge on any atom is -0.450 e. The molecule has 29 heavy (non-hydrogen) atoms. The quantitative estimate of drug-likeness (QED) is 0.475. The van der Waals surface area contributed by atoms with Crippen molar-refractivity contribution >= 4 is 38.8 Å². The minimum atomic E-state index is -0.642. The molecule has 1 amide bonds. The molecule has 0 spiro atoms. The van der Waals surface area contributed by atoms with Gasteiger partial charge in [0.2, 0.25) is 5.76 Å². The summed E-state index contributed by atoms with van der Waals surface area (Å²) in [6, 6.07) is 15.2. The number of hydrogen-bond donors (Lipinski definition) is 0. The molecule has 152 valence electrons. The van der Waals surface area contributed by atoms with Gasteiger partial charge in [-0.05, 0) is 51.5 Å². The number of aryl methyl sites for hydroxylation is 1. The maximum Gasteiger partial charge on any atom is 0.375 e. The Morgan fingerprint density at radius 2 is 1.79 bits per heavy atom. The van der Waals surface area contributed by atoms with Gasteiger partial charge in [-0.1, -0.05) is 46.3 Å². The van der Waals surface area contributed by atoms with Crippen LogP contribution in [0.5, 0.6) is 0 Å². The third-order valence-corrected chi connectivity index (χ3v) is 5.20. The van der Waals surface area contributed by atoms with Crippen molar-refractivity contribution in [1.29, 1.82) is 0 Å². The fourth-order valence-corrected chi connectivity index (χ4v) is 3.49. The molecule has 0 unspecified atom stereocenters. The van der Waals surface area contributed by atoms with Gasteiger partial charge >= 0.3 is 5.97 Å². The molecular formula is C23H24BrNO4. The monoisotopic (exact) mass is 457 g/mol. The predicted octanol–water partition coefficient (Wildman–Crippen LogP) is 5.49. The molecule has 0 N–H and O–H groups in total. The fraction of sp³-hybridized carbons (Fsp3) is 0.304. The SMILES string of the molecule is Cc1c(C(=O)OCC(=O)N(Cc2ccccc2)C(C)(C)C)oc2ccc(Br)cc12. The number of esters is 1. The first-order chi connectivity index (χ1) is 13.7. The second kappa shape index (κ2) is 8.41. The van der Waals surface area contributed by atoms with Gasteiger partial charge in [0.05, 0.1) is 0 Å². The third kappa shape index (κ3) is 4.88. The van der Waals surface area contributed by atoms with Crippen LogP contribution in [0.1, 0.15) is 42.5 Å². The van der Waals surface area contributed by atoms with Crippen molar-refractivity contribution < 1.29 is 18.7 Å². The van der Waals surface area contributed by atoms with E-state index in [0.717, 1.165) is 15.4 Å². The summed E-state index contributed by atoms with van der Waals surface area (Å²) in [4.78, 5) is 27.1. The molecule has 0 radical (unpaired) electrons. The Bertz CT molecular complexity index is 1030. The number of hydrogen-bond acceptors (Lipinski definition) is 4. The Kier molecular flexibility index (Phi) is 6.13. The molecule has 0 bridgehead atoms. The van der Waals surface area contributed by atoms with E-state index in [2.05, 4.69) is 15.9 Å². The first-order valence-electron chi connectivity index (χ1n) is 9.37. The molecule has 0 atom stereocenters. The number of halogens is 1. The van der Waals surface area contributed by atoms with Crippen LogP contribution in [0.2, 0.25) is 0 Å². The predicted molar refractivity (Wildman–Crippen MR) is 116 cm³/mol. The summed E-state index contributed by atoms with van der Waals surface area (Å²) >= 11 is 3.42. The molecule has 3 aromatic rings. The smallest absolute Gasteiger partial charge is 0.375 e. The zero-order valence-corrected chi connectivity index (χ0v) is 18.6. The van der Waals surface area contributed by atoms with Crippen LogP contribution >= 0.6 is 15.9 Å². The summed E-state index contributed by atoms with van der Waals surface area (Å²) in [5.41, 5.74) is 1.89. The Morgan fingerprint density at radius 1 is 1.10 bits per heavy atom. The number of amides is 1. The van der Waals surface area contributed by atoms with Gasteiger partial charge in [0.1, 0.15) is 5.58 Å². The molecule has 2 aromatic carbocycles. The molecule has 6 heteroatoms. The lowest BCUT2D eigenvalue weighted by molar-refractivity contribution is -0.140. The number of rotatable bonds is 5. The lowest BCUT2D eigenvalue weighted by Gasteiger charge is -2.35. The van der Waals surface area contributed by atoms with Crippen LogP contribution in [-0.2, 0) is 16.1 Å². The van der Waals surface area contributed by atoms with Gasteiger partial charge in [-0.2, -0.15) is 0 Å². The lowest BCUT2D eigenvalue weighted by atomic mass is 10.0. The molecule has 0 aliphatic carbocycles. The van der Waals surface area contributed by atoms with Crippen molar-refractivity contribution in [3.63, 3.8) is 0 Å². The van der Waals surface area contributed by atoms with E-state index in [1.54, 1.807) is 17.9 Å². The highest BCUT2D eigenvalue weighted by Gasteiger charge is 2.28. The van der Waals surface area contributed by atoms with Crippen LogP contribution in [0, 0.1) is 6.92 Å². The van der Waals surface area contributed by atoms with Crippen molar-refractivity contribution in [2.45, 2.75) is 39.8 Å². The Labute approximate surface area is 178 Å². The molecule has 0 fully saturated rings. The van der Waals surface area contributed by atoms with Gasteiger partial charge in [-0.3, -0.25) is 4.79 Å². The van der Waals surface area contributed by atoms with Crippen LogP contribution in [-0.4, -0.2) is 28.9 Å². The van der Waals surface area contributed by atoms with Gasteiger partial charge < -0.3 is 14.1 Å². The van der Waals surface area contributed by atoms with Crippen molar-refractivity contribution in [2.75, 3.05) is 6.61 Å². The highest BCUT2D eigenvalue weighted by Crippen LogP contribution is 2.28. The Balaban J connectivity index is 1.72. The zero-order valence-electron chi connectivity index (χ0n) is 17.0. The Hall–Kier alpha value is -2.60. The van der Waals surface area contributed by atoms with Gasteiger partial charge in [-0.15, -0.1) is 0 Å². The average Bonchev–Trinajstić information content (AvgIpc) is 3.00. The summed E-state index contributed by atoms with van der Waals surface area (Å²) in [5, 5.41) is 0.832. The summed E-state index contributed by atoms with van der Waals surface area (Å²) in [6.45, 7) is 7.76. The van der Waals surface area contributed by atoms with Crippen LogP contribution in [0.25, 0.3) is 11.0 Å². The van der Waals surface area contributed by atoms with Crippen molar-refractivity contribution in [3.8, 4) is 0 Å². The first kappa shape index (κ1) is 21.1. The number of carbonyl (C=O) groups is 2. The Morgan fingerprint density at radius 3 is 2.45 bits per heavy atom. The van der Waals surface area contributed by atoms with E-state index in [1.807, 2.05) is 63.2 Å². The maximum atomic E-state index is 12.8. The molecule has 1 heterocycles. The molecule has 0 saturated carbocycles. The standard InChI is InChI=1S/C23H24BrNO4/c1-15-18-12-17(24)10-11-19(18)29-21(15)22(27)28-14-20(26)25(23(2,3)4)13-16-8-6-5-7-9-16/h5-12H,13-14H2,1-4H3. The topological polar surface area (TPSA) is 59.8 Å². The molecule has 3 rings (SSSR count). The summed E-state index contributed by atoms with van der Waals surface area (Å²) in [5.74, 6) is -0.778. The van der Waals surface area contributed by atoms with Gasteiger partial charge in [-0.25, -0.2) is 4.79 Å². The van der Waals surface area contributed by atoms with Crippen molar-refractivity contribution in [1.82, 2.24) is 4.90 Å². The zero-order chi connectivity index (χ0) is 21.2. The van der Waals surface area contributed by atoms with Gasteiger partial charge in [0, 0.05) is 27.5 Å². The van der Waals surface area contributed by atoms with Gasteiger partial charge in [0.15, 0.2) is 6.61 Å². The highest BCUT2D eigenvalue weighted by atomic mass is 79.9. The van der Waals surface area contributed by atoms with Crippen molar-refractivity contribution in [2.24, 2.45) is 0 Å².